The van der Waals surface area contributed by atoms with Gasteiger partial charge < -0.3 is 15.0 Å². The molecule has 33 heavy (non-hydrogen) atoms. The number of aromatic amines is 1. The molecule has 2 heterocycles. The number of benzene rings is 3. The Bertz CT molecular complexity index is 1220. The fourth-order valence-electron chi connectivity index (χ4n) is 4.05. The van der Waals surface area contributed by atoms with E-state index in [0.29, 0.717) is 5.75 Å². The molecule has 1 aliphatic heterocycles. The highest BCUT2D eigenvalue weighted by molar-refractivity contribution is 7.99. The Morgan fingerprint density at radius 3 is 2.48 bits per heavy atom. The Morgan fingerprint density at radius 2 is 1.70 bits per heavy atom. The monoisotopic (exact) mass is 459 g/mol. The van der Waals surface area contributed by atoms with Gasteiger partial charge in [-0.2, -0.15) is 0 Å². The van der Waals surface area contributed by atoms with Gasteiger partial charge >= 0.3 is 5.16 Å². The average Bonchev–Trinajstić information content (AvgIpc) is 3.22. The van der Waals surface area contributed by atoms with Crippen molar-refractivity contribution in [2.75, 3.05) is 42.3 Å². The van der Waals surface area contributed by atoms with Crippen molar-refractivity contribution in [2.24, 2.45) is 0 Å². The van der Waals surface area contributed by atoms with Crippen LogP contribution in [0, 0.1) is 0 Å². The molecule has 0 radical (unpaired) electrons. The maximum absolute atomic E-state index is 12.7. The average molecular weight is 460 g/mol. The summed E-state index contributed by atoms with van der Waals surface area (Å²) < 4.78 is 7.65. The lowest BCUT2D eigenvalue weighted by molar-refractivity contribution is -0.700. The standard InChI is InChI=1S/C26H26N4O2S/c31-25(27-21-10-12-22(13-11-21)29-14-16-32-17-15-29)19-33-26-28-23-8-4-5-9-24(23)30(26)18-20-6-2-1-3-7-20/h1-13H,14-19H2,(H,27,31)/p+1. The predicted molar refractivity (Wildman–Crippen MR) is 133 cm³/mol. The summed E-state index contributed by atoms with van der Waals surface area (Å²) in [5, 5.41) is 3.99. The molecule has 0 aliphatic carbocycles. The fraction of sp³-hybridized carbons (Fsp3) is 0.231. The summed E-state index contributed by atoms with van der Waals surface area (Å²) >= 11 is 1.52. The largest absolute Gasteiger partial charge is 0.378 e. The van der Waals surface area contributed by atoms with Crippen LogP contribution in [0.5, 0.6) is 0 Å². The van der Waals surface area contributed by atoms with Crippen LogP contribution in [-0.2, 0) is 16.1 Å². The number of H-pyrrole nitrogens is 1. The Kier molecular flexibility index (Phi) is 6.60. The number of hydrogen-bond donors (Lipinski definition) is 2. The minimum atomic E-state index is -0.0240. The van der Waals surface area contributed by atoms with Gasteiger partial charge in [0.05, 0.1) is 19.0 Å². The van der Waals surface area contributed by atoms with Gasteiger partial charge in [0.15, 0.2) is 11.0 Å². The van der Waals surface area contributed by atoms with Gasteiger partial charge in [-0.15, -0.1) is 0 Å². The Hall–Kier alpha value is -3.29. The first-order valence-electron chi connectivity index (χ1n) is 11.2. The summed E-state index contributed by atoms with van der Waals surface area (Å²) in [7, 11) is 0. The molecule has 3 aromatic carbocycles. The number of nitrogens with one attached hydrogen (secondary N) is 2. The van der Waals surface area contributed by atoms with Crippen LogP contribution < -0.4 is 14.8 Å². The van der Waals surface area contributed by atoms with E-state index in [0.717, 1.165) is 60.4 Å². The summed E-state index contributed by atoms with van der Waals surface area (Å²) in [4.78, 5) is 18.5. The molecule has 168 valence electrons. The lowest BCUT2D eigenvalue weighted by Crippen LogP contribution is -2.36. The highest BCUT2D eigenvalue weighted by Crippen LogP contribution is 2.21. The number of hydrogen-bond acceptors (Lipinski definition) is 4. The fourth-order valence-corrected chi connectivity index (χ4v) is 4.89. The first kappa shape index (κ1) is 21.6. The second kappa shape index (κ2) is 10.1. The van der Waals surface area contributed by atoms with Crippen molar-refractivity contribution < 1.29 is 14.1 Å². The minimum absolute atomic E-state index is 0.0240. The summed E-state index contributed by atoms with van der Waals surface area (Å²) in [6.45, 7) is 4.06. The number of fused-ring (bicyclic) bond motifs is 1. The maximum Gasteiger partial charge on any atom is 0.317 e. The highest BCUT2D eigenvalue weighted by atomic mass is 32.2. The van der Waals surface area contributed by atoms with Crippen LogP contribution in [0.1, 0.15) is 5.56 Å². The molecule has 7 heteroatoms. The van der Waals surface area contributed by atoms with Gasteiger partial charge in [0, 0.05) is 24.5 Å². The quantitative estimate of drug-likeness (QED) is 0.323. The molecule has 1 saturated heterocycles. The Balaban J connectivity index is 1.25. The first-order valence-corrected chi connectivity index (χ1v) is 12.1. The van der Waals surface area contributed by atoms with Crippen LogP contribution in [0.3, 0.4) is 0 Å². The van der Waals surface area contributed by atoms with E-state index in [1.165, 1.54) is 17.3 Å². The number of carbonyl (C=O) groups is 1. The van der Waals surface area contributed by atoms with E-state index in [-0.39, 0.29) is 5.91 Å². The molecule has 2 N–H and O–H groups in total. The van der Waals surface area contributed by atoms with Crippen LogP contribution in [0.4, 0.5) is 11.4 Å². The number of rotatable bonds is 7. The van der Waals surface area contributed by atoms with Gasteiger partial charge in [0.25, 0.3) is 0 Å². The number of morpholine rings is 1. The Morgan fingerprint density at radius 1 is 0.970 bits per heavy atom. The van der Waals surface area contributed by atoms with Crippen molar-refractivity contribution in [2.45, 2.75) is 11.7 Å². The zero-order chi connectivity index (χ0) is 22.5. The Labute approximate surface area is 197 Å². The second-order valence-corrected chi connectivity index (χ2v) is 8.97. The van der Waals surface area contributed by atoms with E-state index < -0.39 is 0 Å². The predicted octanol–water partition coefficient (Wildman–Crippen LogP) is 4.07. The second-order valence-electron chi connectivity index (χ2n) is 8.00. The molecule has 5 rings (SSSR count). The number of anilines is 2. The van der Waals surface area contributed by atoms with Gasteiger partial charge in [0.2, 0.25) is 5.91 Å². The molecule has 4 aromatic rings. The van der Waals surface area contributed by atoms with Crippen LogP contribution in [-0.4, -0.2) is 42.9 Å². The third-order valence-corrected chi connectivity index (χ3v) is 6.73. The maximum atomic E-state index is 12.7. The number of carbonyl (C=O) groups excluding carboxylic acids is 1. The molecule has 1 aromatic heterocycles. The third kappa shape index (κ3) is 5.21. The van der Waals surface area contributed by atoms with E-state index in [1.54, 1.807) is 0 Å². The molecule has 0 spiro atoms. The zero-order valence-electron chi connectivity index (χ0n) is 18.4. The molecule has 0 unspecified atom stereocenters. The zero-order valence-corrected chi connectivity index (χ0v) is 19.2. The molecule has 0 saturated carbocycles. The number of thioether (sulfide) groups is 1. The van der Waals surface area contributed by atoms with E-state index in [2.05, 4.69) is 68.3 Å². The van der Waals surface area contributed by atoms with Crippen molar-refractivity contribution in [1.29, 1.82) is 0 Å². The smallest absolute Gasteiger partial charge is 0.317 e. The number of imidazole rings is 1. The summed E-state index contributed by atoms with van der Waals surface area (Å²) in [5.74, 6) is 0.302. The number of aromatic nitrogens is 2. The van der Waals surface area contributed by atoms with Crippen molar-refractivity contribution in [3.63, 3.8) is 0 Å². The van der Waals surface area contributed by atoms with Gasteiger partial charge in [-0.25, -0.2) is 9.55 Å². The lowest BCUT2D eigenvalue weighted by Gasteiger charge is -2.28. The van der Waals surface area contributed by atoms with E-state index in [4.69, 9.17) is 4.74 Å². The van der Waals surface area contributed by atoms with Crippen molar-refractivity contribution in [1.82, 2.24) is 4.98 Å². The van der Waals surface area contributed by atoms with Crippen molar-refractivity contribution >= 4 is 40.1 Å². The van der Waals surface area contributed by atoms with Crippen LogP contribution in [0.15, 0.2) is 84.0 Å². The molecular formula is C26H27N4O2S+. The van der Waals surface area contributed by atoms with Crippen LogP contribution in [0.25, 0.3) is 11.0 Å². The molecule has 0 atom stereocenters. The van der Waals surface area contributed by atoms with Gasteiger partial charge in [-0.1, -0.05) is 42.5 Å². The van der Waals surface area contributed by atoms with Gasteiger partial charge in [0.1, 0.15) is 6.54 Å². The van der Waals surface area contributed by atoms with Crippen LogP contribution >= 0.6 is 11.8 Å². The molecule has 6 nitrogen and oxygen atoms in total. The molecule has 1 fully saturated rings. The minimum Gasteiger partial charge on any atom is -0.378 e. The van der Waals surface area contributed by atoms with Crippen molar-refractivity contribution in [3.05, 3.63) is 84.4 Å². The number of ether oxygens (including phenoxy) is 1. The molecule has 1 amide bonds. The van der Waals surface area contributed by atoms with Gasteiger partial charge in [-0.05, 0) is 53.7 Å². The number of amides is 1. The van der Waals surface area contributed by atoms with Crippen LogP contribution in [0.2, 0.25) is 0 Å². The SMILES string of the molecule is O=C(CSc1[nH]c2ccccc2[n+]1Cc1ccccc1)Nc1ccc(N2CCOCC2)cc1. The number of para-hydroxylation sites is 2. The first-order chi connectivity index (χ1) is 16.3. The molecular weight excluding hydrogens is 432 g/mol. The normalized spacial score (nSPS) is 13.9. The van der Waals surface area contributed by atoms with Gasteiger partial charge in [-0.3, -0.25) is 4.79 Å². The summed E-state index contributed by atoms with van der Waals surface area (Å²) in [5.41, 5.74) is 5.38. The highest BCUT2D eigenvalue weighted by Gasteiger charge is 2.20. The summed E-state index contributed by atoms with van der Waals surface area (Å²) in [6, 6.07) is 26.6. The van der Waals surface area contributed by atoms with E-state index in [1.807, 2.05) is 30.3 Å². The topological polar surface area (TPSA) is 61.2 Å². The molecule has 0 bridgehead atoms. The van der Waals surface area contributed by atoms with E-state index in [9.17, 15) is 4.79 Å². The number of nitrogens with zero attached hydrogens (tertiary/aromatic N) is 2. The lowest BCUT2D eigenvalue weighted by atomic mass is 10.2. The molecule has 1 aliphatic rings. The summed E-state index contributed by atoms with van der Waals surface area (Å²) in [6.07, 6.45) is 0. The van der Waals surface area contributed by atoms with Crippen molar-refractivity contribution in [3.8, 4) is 0 Å². The van der Waals surface area contributed by atoms with E-state index >= 15 is 0 Å². The third-order valence-electron chi connectivity index (χ3n) is 5.73.